The van der Waals surface area contributed by atoms with Crippen molar-refractivity contribution in [2.24, 2.45) is 5.41 Å². The lowest BCUT2D eigenvalue weighted by molar-refractivity contribution is -0.144. The standard InChI is InChI=1S/C11H10FNO2/c1-11(7-13,10(14)15)6-8-2-4-9(12)5-3-8/h2-5H,6H2,1H3,(H,14,15). The second-order valence-electron chi connectivity index (χ2n) is 3.55. The van der Waals surface area contributed by atoms with Gasteiger partial charge in [0.25, 0.3) is 0 Å². The number of benzene rings is 1. The molecule has 0 aliphatic rings. The molecule has 0 saturated heterocycles. The molecule has 1 rings (SSSR count). The van der Waals surface area contributed by atoms with Crippen LogP contribution in [0.25, 0.3) is 0 Å². The van der Waals surface area contributed by atoms with Crippen molar-refractivity contribution < 1.29 is 14.3 Å². The summed E-state index contributed by atoms with van der Waals surface area (Å²) in [4.78, 5) is 10.8. The Morgan fingerprint density at radius 2 is 2.07 bits per heavy atom. The number of halogens is 1. The Kier molecular flexibility index (Phi) is 3.05. The molecule has 0 spiro atoms. The van der Waals surface area contributed by atoms with Crippen molar-refractivity contribution in [3.8, 4) is 6.07 Å². The smallest absolute Gasteiger partial charge is 0.324 e. The normalized spacial score (nSPS) is 13.9. The zero-order valence-electron chi connectivity index (χ0n) is 8.20. The minimum atomic E-state index is -1.46. The number of rotatable bonds is 3. The van der Waals surface area contributed by atoms with Crippen molar-refractivity contribution in [2.45, 2.75) is 13.3 Å². The summed E-state index contributed by atoms with van der Waals surface area (Å²) in [5, 5.41) is 17.6. The van der Waals surface area contributed by atoms with Gasteiger partial charge in [0, 0.05) is 6.42 Å². The van der Waals surface area contributed by atoms with E-state index in [1.165, 1.54) is 31.2 Å². The van der Waals surface area contributed by atoms with Gasteiger partial charge in [0.2, 0.25) is 0 Å². The molecule has 1 atom stereocenters. The number of nitriles is 1. The fourth-order valence-electron chi connectivity index (χ4n) is 1.17. The molecule has 15 heavy (non-hydrogen) atoms. The number of carbonyl (C=O) groups is 1. The zero-order chi connectivity index (χ0) is 11.5. The summed E-state index contributed by atoms with van der Waals surface area (Å²) >= 11 is 0. The summed E-state index contributed by atoms with van der Waals surface area (Å²) in [5.41, 5.74) is -0.833. The van der Waals surface area contributed by atoms with Gasteiger partial charge in [0.1, 0.15) is 5.82 Å². The first-order chi connectivity index (χ1) is 6.98. The highest BCUT2D eigenvalue weighted by molar-refractivity contribution is 5.77. The Morgan fingerprint density at radius 1 is 1.53 bits per heavy atom. The molecule has 3 nitrogen and oxygen atoms in total. The van der Waals surface area contributed by atoms with Gasteiger partial charge in [-0.1, -0.05) is 12.1 Å². The Bertz CT molecular complexity index is 408. The second-order valence-corrected chi connectivity index (χ2v) is 3.55. The maximum absolute atomic E-state index is 12.6. The molecule has 78 valence electrons. The Hall–Kier alpha value is -1.89. The van der Waals surface area contributed by atoms with Gasteiger partial charge in [0.15, 0.2) is 5.41 Å². The first-order valence-corrected chi connectivity index (χ1v) is 4.37. The molecule has 0 fully saturated rings. The Morgan fingerprint density at radius 3 is 2.47 bits per heavy atom. The van der Waals surface area contributed by atoms with Crippen LogP contribution < -0.4 is 0 Å². The molecule has 0 amide bonds. The van der Waals surface area contributed by atoms with Gasteiger partial charge in [-0.15, -0.1) is 0 Å². The highest BCUT2D eigenvalue weighted by atomic mass is 19.1. The minimum absolute atomic E-state index is 0.0686. The highest BCUT2D eigenvalue weighted by Crippen LogP contribution is 2.22. The molecule has 1 unspecified atom stereocenters. The number of aliphatic carboxylic acids is 1. The summed E-state index contributed by atoms with van der Waals surface area (Å²) in [6.07, 6.45) is 0.0686. The molecule has 1 aromatic rings. The third-order valence-corrected chi connectivity index (χ3v) is 2.19. The van der Waals surface area contributed by atoms with E-state index in [4.69, 9.17) is 10.4 Å². The quantitative estimate of drug-likeness (QED) is 0.824. The van der Waals surface area contributed by atoms with Gasteiger partial charge in [-0.3, -0.25) is 4.79 Å². The zero-order valence-corrected chi connectivity index (χ0v) is 8.20. The number of hydrogen-bond donors (Lipinski definition) is 1. The lowest BCUT2D eigenvalue weighted by Crippen LogP contribution is -2.28. The van der Waals surface area contributed by atoms with Crippen LogP contribution in [0.2, 0.25) is 0 Å². The Balaban J connectivity index is 2.90. The molecule has 0 heterocycles. The predicted octanol–water partition coefficient (Wildman–Crippen LogP) is 1.98. The van der Waals surface area contributed by atoms with Crippen LogP contribution in [0, 0.1) is 22.6 Å². The molecule has 0 aliphatic heterocycles. The predicted molar refractivity (Wildman–Crippen MR) is 51.5 cm³/mol. The summed E-state index contributed by atoms with van der Waals surface area (Å²) in [5.74, 6) is -1.55. The molecule has 0 saturated carbocycles. The maximum Gasteiger partial charge on any atom is 0.324 e. The average molecular weight is 207 g/mol. The van der Waals surface area contributed by atoms with Crippen LogP contribution in [0.15, 0.2) is 24.3 Å². The van der Waals surface area contributed by atoms with E-state index >= 15 is 0 Å². The van der Waals surface area contributed by atoms with Crippen LogP contribution in [-0.2, 0) is 11.2 Å². The highest BCUT2D eigenvalue weighted by Gasteiger charge is 2.33. The van der Waals surface area contributed by atoms with E-state index in [0.29, 0.717) is 5.56 Å². The summed E-state index contributed by atoms with van der Waals surface area (Å²) in [7, 11) is 0. The van der Waals surface area contributed by atoms with E-state index in [-0.39, 0.29) is 12.2 Å². The molecule has 1 aromatic carbocycles. The number of nitrogens with zero attached hydrogens (tertiary/aromatic N) is 1. The summed E-state index contributed by atoms with van der Waals surface area (Å²) in [6, 6.07) is 7.20. The molecule has 0 aromatic heterocycles. The van der Waals surface area contributed by atoms with Crippen LogP contribution in [0.5, 0.6) is 0 Å². The maximum atomic E-state index is 12.6. The average Bonchev–Trinajstić information content (AvgIpc) is 2.21. The third kappa shape index (κ3) is 2.53. The monoisotopic (exact) mass is 207 g/mol. The van der Waals surface area contributed by atoms with Crippen molar-refractivity contribution in [1.82, 2.24) is 0 Å². The van der Waals surface area contributed by atoms with Crippen LogP contribution in [0.3, 0.4) is 0 Å². The van der Waals surface area contributed by atoms with E-state index < -0.39 is 11.4 Å². The van der Waals surface area contributed by atoms with E-state index in [2.05, 4.69) is 0 Å². The third-order valence-electron chi connectivity index (χ3n) is 2.19. The summed E-state index contributed by atoms with van der Waals surface area (Å²) in [6.45, 7) is 1.35. The van der Waals surface area contributed by atoms with E-state index in [1.54, 1.807) is 6.07 Å². The van der Waals surface area contributed by atoms with Crippen LogP contribution in [-0.4, -0.2) is 11.1 Å². The van der Waals surface area contributed by atoms with Crippen LogP contribution in [0.1, 0.15) is 12.5 Å². The molecule has 0 radical (unpaired) electrons. The van der Waals surface area contributed by atoms with Crippen molar-refractivity contribution in [2.75, 3.05) is 0 Å². The van der Waals surface area contributed by atoms with Crippen molar-refractivity contribution >= 4 is 5.97 Å². The van der Waals surface area contributed by atoms with E-state index in [9.17, 15) is 9.18 Å². The van der Waals surface area contributed by atoms with Gasteiger partial charge >= 0.3 is 5.97 Å². The molecule has 0 aliphatic carbocycles. The van der Waals surface area contributed by atoms with Gasteiger partial charge < -0.3 is 5.11 Å². The van der Waals surface area contributed by atoms with Gasteiger partial charge in [0.05, 0.1) is 6.07 Å². The number of carboxylic acid groups (broad SMARTS) is 1. The van der Waals surface area contributed by atoms with Gasteiger partial charge in [-0.25, -0.2) is 4.39 Å². The molecule has 1 N–H and O–H groups in total. The summed E-state index contributed by atoms with van der Waals surface area (Å²) < 4.78 is 12.6. The van der Waals surface area contributed by atoms with Crippen LogP contribution >= 0.6 is 0 Å². The van der Waals surface area contributed by atoms with Crippen molar-refractivity contribution in [3.63, 3.8) is 0 Å². The molecule has 0 bridgehead atoms. The first kappa shape index (κ1) is 11.2. The first-order valence-electron chi connectivity index (χ1n) is 4.37. The Labute approximate surface area is 86.8 Å². The van der Waals surface area contributed by atoms with Crippen molar-refractivity contribution in [3.05, 3.63) is 35.6 Å². The van der Waals surface area contributed by atoms with Gasteiger partial charge in [-0.2, -0.15) is 5.26 Å². The minimum Gasteiger partial charge on any atom is -0.480 e. The molecular formula is C11H10FNO2. The molecular weight excluding hydrogens is 197 g/mol. The number of carboxylic acids is 1. The van der Waals surface area contributed by atoms with E-state index in [0.717, 1.165) is 0 Å². The lowest BCUT2D eigenvalue weighted by atomic mass is 9.85. The number of hydrogen-bond acceptors (Lipinski definition) is 2. The lowest BCUT2D eigenvalue weighted by Gasteiger charge is -2.15. The largest absolute Gasteiger partial charge is 0.480 e. The van der Waals surface area contributed by atoms with E-state index in [1.807, 2.05) is 0 Å². The SMILES string of the molecule is CC(C#N)(Cc1ccc(F)cc1)C(=O)O. The second kappa shape index (κ2) is 4.09. The fraction of sp³-hybridized carbons (Fsp3) is 0.273. The van der Waals surface area contributed by atoms with Crippen molar-refractivity contribution in [1.29, 1.82) is 5.26 Å². The topological polar surface area (TPSA) is 61.1 Å². The molecule has 4 heteroatoms. The van der Waals surface area contributed by atoms with Gasteiger partial charge in [-0.05, 0) is 24.6 Å². The fourth-order valence-corrected chi connectivity index (χ4v) is 1.17. The van der Waals surface area contributed by atoms with Crippen LogP contribution in [0.4, 0.5) is 4.39 Å².